The molecule has 1 N–H and O–H groups in total. The lowest BCUT2D eigenvalue weighted by molar-refractivity contribution is 0.568. The number of sulfone groups is 1. The third-order valence-corrected chi connectivity index (χ3v) is 7.97. The summed E-state index contributed by atoms with van der Waals surface area (Å²) in [6.45, 7) is 2.82. The number of aryl methyl sites for hydroxylation is 2. The number of nitrogens with zero attached hydrogens (tertiary/aromatic N) is 2. The van der Waals surface area contributed by atoms with Crippen molar-refractivity contribution in [2.45, 2.75) is 47.4 Å². The first-order chi connectivity index (χ1) is 14.3. The molecular weight excluding hydrogens is 422 g/mol. The molecule has 0 aliphatic heterocycles. The Kier molecular flexibility index (Phi) is 7.06. The van der Waals surface area contributed by atoms with Crippen LogP contribution in [0.4, 0.5) is 0 Å². The molecule has 0 saturated carbocycles. The average molecular weight is 448 g/mol. The molecule has 9 heteroatoms. The van der Waals surface area contributed by atoms with Gasteiger partial charge in [0.1, 0.15) is 0 Å². The van der Waals surface area contributed by atoms with Gasteiger partial charge in [-0.2, -0.15) is 0 Å². The van der Waals surface area contributed by atoms with Crippen LogP contribution in [-0.4, -0.2) is 32.9 Å². The molecule has 0 amide bonds. The lowest BCUT2D eigenvalue weighted by Crippen LogP contribution is -2.26. The number of hydrogen-bond donors (Lipinski definition) is 1. The second-order valence-corrected chi connectivity index (χ2v) is 10.6. The Balaban J connectivity index is 1.86. The molecule has 7 nitrogen and oxygen atoms in total. The van der Waals surface area contributed by atoms with Crippen molar-refractivity contribution in [3.05, 3.63) is 72.8 Å². The fraction of sp³-hybridized carbons (Fsp3) is 0.286. The van der Waals surface area contributed by atoms with Crippen molar-refractivity contribution in [3.8, 4) is 0 Å². The van der Waals surface area contributed by atoms with E-state index in [1.54, 1.807) is 36.8 Å². The molecule has 0 radical (unpaired) electrons. The summed E-state index contributed by atoms with van der Waals surface area (Å²) >= 11 is 0. The van der Waals surface area contributed by atoms with Crippen LogP contribution < -0.4 is 4.72 Å². The van der Waals surface area contributed by atoms with Crippen molar-refractivity contribution < 1.29 is 16.8 Å². The van der Waals surface area contributed by atoms with Gasteiger partial charge in [-0.15, -0.1) is 0 Å². The molecule has 0 aliphatic rings. The van der Waals surface area contributed by atoms with E-state index in [-0.39, 0.29) is 21.2 Å². The molecule has 0 unspecified atom stereocenters. The van der Waals surface area contributed by atoms with Crippen LogP contribution in [0.2, 0.25) is 0 Å². The lowest BCUT2D eigenvalue weighted by Gasteiger charge is -2.14. The molecule has 0 fully saturated rings. The van der Waals surface area contributed by atoms with Crippen molar-refractivity contribution >= 4 is 19.9 Å². The van der Waals surface area contributed by atoms with Gasteiger partial charge in [0, 0.05) is 25.5 Å². The van der Waals surface area contributed by atoms with Crippen molar-refractivity contribution in [1.82, 2.24) is 14.3 Å². The number of hydrogen-bond acceptors (Lipinski definition) is 5. The van der Waals surface area contributed by atoms with Crippen molar-refractivity contribution in [2.75, 3.05) is 6.54 Å². The van der Waals surface area contributed by atoms with Gasteiger partial charge in [-0.1, -0.05) is 37.6 Å². The minimum atomic E-state index is -3.86. The SMILES string of the molecule is CCCc1ccc(S(=O)(=O)c2ccccc2)cc1S(=O)(=O)NCCCn1ccnc1. The number of sulfonamides is 1. The molecule has 1 aromatic heterocycles. The largest absolute Gasteiger partial charge is 0.337 e. The minimum Gasteiger partial charge on any atom is -0.337 e. The summed E-state index contributed by atoms with van der Waals surface area (Å²) in [6, 6.07) is 12.3. The molecule has 0 atom stereocenters. The van der Waals surface area contributed by atoms with Crippen molar-refractivity contribution in [2.24, 2.45) is 0 Å². The molecular formula is C21H25N3O4S2. The standard InChI is InChI=1S/C21H25N3O4S2/c1-2-7-18-10-11-20(29(25,26)19-8-4-3-5-9-19)16-21(18)30(27,28)23-12-6-14-24-15-13-22-17-24/h3-5,8-11,13,15-17,23H,2,6-7,12,14H2,1H3. The summed E-state index contributed by atoms with van der Waals surface area (Å²) in [6.07, 6.45) is 7.02. The number of imidazole rings is 1. The highest BCUT2D eigenvalue weighted by molar-refractivity contribution is 7.91. The molecule has 30 heavy (non-hydrogen) atoms. The molecule has 0 spiro atoms. The van der Waals surface area contributed by atoms with Crippen molar-refractivity contribution in [1.29, 1.82) is 0 Å². The summed E-state index contributed by atoms with van der Waals surface area (Å²) in [7, 11) is -7.67. The first kappa shape index (κ1) is 22.2. The van der Waals surface area contributed by atoms with Gasteiger partial charge in [0.15, 0.2) is 0 Å². The van der Waals surface area contributed by atoms with Gasteiger partial charge < -0.3 is 4.57 Å². The van der Waals surface area contributed by atoms with Gasteiger partial charge in [0.25, 0.3) is 0 Å². The molecule has 0 saturated heterocycles. The van der Waals surface area contributed by atoms with Crippen LogP contribution in [0.25, 0.3) is 0 Å². The monoisotopic (exact) mass is 447 g/mol. The molecule has 3 aromatic rings. The fourth-order valence-electron chi connectivity index (χ4n) is 3.13. The van der Waals surface area contributed by atoms with Crippen LogP contribution in [0, 0.1) is 0 Å². The van der Waals surface area contributed by atoms with Crippen molar-refractivity contribution in [3.63, 3.8) is 0 Å². The molecule has 1 heterocycles. The zero-order valence-corrected chi connectivity index (χ0v) is 18.4. The third kappa shape index (κ3) is 5.16. The van der Waals surface area contributed by atoms with E-state index in [0.717, 1.165) is 6.42 Å². The Hall–Kier alpha value is -2.49. The highest BCUT2D eigenvalue weighted by Crippen LogP contribution is 2.26. The Labute approximate surface area is 177 Å². The minimum absolute atomic E-state index is 0.0176. The first-order valence-electron chi connectivity index (χ1n) is 9.73. The highest BCUT2D eigenvalue weighted by atomic mass is 32.2. The quantitative estimate of drug-likeness (QED) is 0.482. The second kappa shape index (κ2) is 9.55. The van der Waals surface area contributed by atoms with Gasteiger partial charge >= 0.3 is 0 Å². The summed E-state index contributed by atoms with van der Waals surface area (Å²) in [4.78, 5) is 4.07. The van der Waals surface area contributed by atoms with E-state index in [2.05, 4.69) is 9.71 Å². The number of benzene rings is 2. The highest BCUT2D eigenvalue weighted by Gasteiger charge is 2.24. The molecule has 3 rings (SSSR count). The van der Waals surface area contributed by atoms with E-state index >= 15 is 0 Å². The first-order valence-corrected chi connectivity index (χ1v) is 12.7. The Morgan fingerprint density at radius 2 is 1.77 bits per heavy atom. The smallest absolute Gasteiger partial charge is 0.240 e. The van der Waals surface area contributed by atoms with Crippen LogP contribution >= 0.6 is 0 Å². The van der Waals surface area contributed by atoms with Crippen LogP contribution in [0.1, 0.15) is 25.3 Å². The number of rotatable bonds is 10. The summed E-state index contributed by atoms with van der Waals surface area (Å²) in [5.74, 6) is 0. The second-order valence-electron chi connectivity index (χ2n) is 6.89. The van der Waals surface area contributed by atoms with E-state index in [1.807, 2.05) is 17.7 Å². The summed E-state index contributed by atoms with van der Waals surface area (Å²) < 4.78 is 56.3. The maximum atomic E-state index is 13.0. The van der Waals surface area contributed by atoms with Gasteiger partial charge in [-0.05, 0) is 42.7 Å². The maximum Gasteiger partial charge on any atom is 0.240 e. The van der Waals surface area contributed by atoms with E-state index in [0.29, 0.717) is 24.9 Å². The van der Waals surface area contributed by atoms with Gasteiger partial charge in [-0.3, -0.25) is 0 Å². The molecule has 2 aromatic carbocycles. The van der Waals surface area contributed by atoms with E-state index in [1.165, 1.54) is 24.3 Å². The predicted octanol–water partition coefficient (Wildman–Crippen LogP) is 3.04. The number of aromatic nitrogens is 2. The van der Waals surface area contributed by atoms with Crippen LogP contribution in [-0.2, 0) is 32.8 Å². The van der Waals surface area contributed by atoms with E-state index < -0.39 is 19.9 Å². The zero-order valence-electron chi connectivity index (χ0n) is 16.7. The van der Waals surface area contributed by atoms with Gasteiger partial charge in [0.05, 0.1) is 21.0 Å². The average Bonchev–Trinajstić information content (AvgIpc) is 3.26. The maximum absolute atomic E-state index is 13.0. The van der Waals surface area contributed by atoms with Crippen LogP contribution in [0.15, 0.2) is 81.9 Å². The Bertz CT molecular complexity index is 1170. The van der Waals surface area contributed by atoms with E-state index in [4.69, 9.17) is 0 Å². The third-order valence-electron chi connectivity index (χ3n) is 4.66. The molecule has 0 bridgehead atoms. The van der Waals surface area contributed by atoms with Crippen LogP contribution in [0.3, 0.4) is 0 Å². The van der Waals surface area contributed by atoms with E-state index in [9.17, 15) is 16.8 Å². The lowest BCUT2D eigenvalue weighted by atomic mass is 10.1. The summed E-state index contributed by atoms with van der Waals surface area (Å²) in [5.41, 5.74) is 0.603. The topological polar surface area (TPSA) is 98.1 Å². The summed E-state index contributed by atoms with van der Waals surface area (Å²) in [5, 5.41) is 0. The number of nitrogens with one attached hydrogen (secondary N) is 1. The normalized spacial score (nSPS) is 12.2. The predicted molar refractivity (Wildman–Crippen MR) is 114 cm³/mol. The van der Waals surface area contributed by atoms with Gasteiger partial charge in [-0.25, -0.2) is 26.5 Å². The Morgan fingerprint density at radius 3 is 2.43 bits per heavy atom. The molecule has 160 valence electrons. The Morgan fingerprint density at radius 1 is 1.00 bits per heavy atom. The zero-order chi connectivity index (χ0) is 21.6. The van der Waals surface area contributed by atoms with Crippen LogP contribution in [0.5, 0.6) is 0 Å². The fourth-order valence-corrected chi connectivity index (χ4v) is 5.88. The van der Waals surface area contributed by atoms with Gasteiger partial charge in [0.2, 0.25) is 19.9 Å². The molecule has 0 aliphatic carbocycles.